The molecule has 3 aromatic rings. The fourth-order valence-corrected chi connectivity index (χ4v) is 3.64. The van der Waals surface area contributed by atoms with E-state index in [2.05, 4.69) is 31.4 Å². The highest BCUT2D eigenvalue weighted by molar-refractivity contribution is 5.69. The number of aromatic nitrogens is 2. The quantitative estimate of drug-likeness (QED) is 0.489. The van der Waals surface area contributed by atoms with E-state index < -0.39 is 6.36 Å². The number of hydrogen-bond acceptors (Lipinski definition) is 6. The van der Waals surface area contributed by atoms with Crippen molar-refractivity contribution in [2.45, 2.75) is 38.1 Å². The smallest absolute Gasteiger partial charge is 0.406 e. The Balaban J connectivity index is 1.68. The first-order valence-electron chi connectivity index (χ1n) is 10.2. The van der Waals surface area contributed by atoms with Gasteiger partial charge in [0.05, 0.1) is 17.3 Å². The third kappa shape index (κ3) is 5.66. The lowest BCUT2D eigenvalue weighted by Gasteiger charge is -2.15. The van der Waals surface area contributed by atoms with Crippen molar-refractivity contribution in [1.82, 2.24) is 9.97 Å². The number of benzene rings is 2. The summed E-state index contributed by atoms with van der Waals surface area (Å²) in [5.41, 5.74) is 2.05. The molecule has 1 aromatic heterocycles. The predicted octanol–water partition coefficient (Wildman–Crippen LogP) is 6.01. The normalized spacial score (nSPS) is 14.1. The van der Waals surface area contributed by atoms with Gasteiger partial charge < -0.3 is 15.4 Å². The fourth-order valence-electron chi connectivity index (χ4n) is 3.64. The van der Waals surface area contributed by atoms with Crippen LogP contribution >= 0.6 is 0 Å². The van der Waals surface area contributed by atoms with Gasteiger partial charge in [0, 0.05) is 23.4 Å². The summed E-state index contributed by atoms with van der Waals surface area (Å²) >= 11 is 0. The maximum atomic E-state index is 12.6. The van der Waals surface area contributed by atoms with Crippen LogP contribution in [0.1, 0.15) is 31.2 Å². The molecule has 2 aromatic carbocycles. The lowest BCUT2D eigenvalue weighted by molar-refractivity contribution is -0.274. The Kier molecular flexibility index (Phi) is 6.12. The summed E-state index contributed by atoms with van der Waals surface area (Å²) in [7, 11) is 0. The van der Waals surface area contributed by atoms with E-state index in [1.165, 1.54) is 18.2 Å². The van der Waals surface area contributed by atoms with Gasteiger partial charge in [0.25, 0.3) is 0 Å². The van der Waals surface area contributed by atoms with Crippen molar-refractivity contribution in [2.75, 3.05) is 10.6 Å². The molecular formula is C23H20F3N5O. The van der Waals surface area contributed by atoms with Crippen LogP contribution in [0.25, 0.3) is 11.3 Å². The Morgan fingerprint density at radius 1 is 1.00 bits per heavy atom. The van der Waals surface area contributed by atoms with Crippen molar-refractivity contribution in [3.63, 3.8) is 0 Å². The summed E-state index contributed by atoms with van der Waals surface area (Å²) in [4.78, 5) is 9.06. The number of halogens is 3. The molecule has 0 unspecified atom stereocenters. The number of rotatable bonds is 6. The third-order valence-corrected chi connectivity index (χ3v) is 5.04. The molecule has 0 bridgehead atoms. The maximum absolute atomic E-state index is 12.6. The topological polar surface area (TPSA) is 82.9 Å². The van der Waals surface area contributed by atoms with Crippen molar-refractivity contribution in [1.29, 1.82) is 5.26 Å². The van der Waals surface area contributed by atoms with E-state index in [-0.39, 0.29) is 11.8 Å². The third-order valence-electron chi connectivity index (χ3n) is 5.04. The molecule has 0 atom stereocenters. The highest BCUT2D eigenvalue weighted by atomic mass is 19.4. The molecule has 6 nitrogen and oxygen atoms in total. The van der Waals surface area contributed by atoms with Crippen molar-refractivity contribution >= 4 is 17.5 Å². The molecule has 4 rings (SSSR count). The van der Waals surface area contributed by atoms with Crippen LogP contribution < -0.4 is 15.4 Å². The second kappa shape index (κ2) is 9.14. The van der Waals surface area contributed by atoms with Gasteiger partial charge in [0.2, 0.25) is 5.95 Å². The van der Waals surface area contributed by atoms with Crippen molar-refractivity contribution < 1.29 is 17.9 Å². The first-order chi connectivity index (χ1) is 15.4. The number of nitriles is 1. The highest BCUT2D eigenvalue weighted by Gasteiger charge is 2.31. The molecule has 1 heterocycles. The van der Waals surface area contributed by atoms with Crippen LogP contribution in [0.2, 0.25) is 0 Å². The van der Waals surface area contributed by atoms with Crippen LogP contribution in [-0.2, 0) is 0 Å². The zero-order chi connectivity index (χ0) is 22.6. The number of anilines is 3. The molecular weight excluding hydrogens is 419 g/mol. The zero-order valence-corrected chi connectivity index (χ0v) is 17.0. The molecule has 0 saturated heterocycles. The first kappa shape index (κ1) is 21.4. The average Bonchev–Trinajstić information content (AvgIpc) is 3.26. The second-order valence-corrected chi connectivity index (χ2v) is 7.48. The van der Waals surface area contributed by atoms with Gasteiger partial charge in [-0.25, -0.2) is 4.98 Å². The molecule has 1 aliphatic carbocycles. The van der Waals surface area contributed by atoms with Crippen molar-refractivity contribution in [2.24, 2.45) is 0 Å². The Labute approximate surface area is 183 Å². The Morgan fingerprint density at radius 3 is 2.53 bits per heavy atom. The van der Waals surface area contributed by atoms with Crippen LogP contribution in [0, 0.1) is 11.3 Å². The summed E-state index contributed by atoms with van der Waals surface area (Å²) < 4.78 is 42.0. The zero-order valence-electron chi connectivity index (χ0n) is 17.0. The van der Waals surface area contributed by atoms with E-state index in [0.29, 0.717) is 34.3 Å². The summed E-state index contributed by atoms with van der Waals surface area (Å²) in [6, 6.07) is 16.6. The van der Waals surface area contributed by atoms with Gasteiger partial charge in [-0.1, -0.05) is 31.0 Å². The minimum atomic E-state index is -4.78. The van der Waals surface area contributed by atoms with E-state index in [9.17, 15) is 13.2 Å². The molecule has 32 heavy (non-hydrogen) atoms. The standard InChI is InChI=1S/C23H20F3N5O/c24-23(25,26)32-19-10-4-6-16(12-19)20-13-21(28-18-9-3-5-15(11-18)14-27)31-22(30-20)29-17-7-1-2-8-17/h3-6,9-13,17H,1-2,7-8H2,(H2,28,29,30,31). The van der Waals surface area contributed by atoms with Gasteiger partial charge in [0.15, 0.2) is 0 Å². The number of hydrogen-bond donors (Lipinski definition) is 2. The summed E-state index contributed by atoms with van der Waals surface area (Å²) in [6.45, 7) is 0. The van der Waals surface area contributed by atoms with E-state index in [1.807, 2.05) is 0 Å². The molecule has 1 saturated carbocycles. The van der Waals surface area contributed by atoms with Gasteiger partial charge in [-0.05, 0) is 43.2 Å². The van der Waals surface area contributed by atoms with Crippen LogP contribution in [0.3, 0.4) is 0 Å². The molecule has 0 aliphatic heterocycles. The second-order valence-electron chi connectivity index (χ2n) is 7.48. The van der Waals surface area contributed by atoms with Gasteiger partial charge in [-0.15, -0.1) is 13.2 Å². The molecule has 0 amide bonds. The number of nitrogens with zero attached hydrogens (tertiary/aromatic N) is 3. The predicted molar refractivity (Wildman–Crippen MR) is 114 cm³/mol. The molecule has 9 heteroatoms. The molecule has 2 N–H and O–H groups in total. The summed E-state index contributed by atoms with van der Waals surface area (Å²) in [5.74, 6) is 0.512. The fraction of sp³-hybridized carbons (Fsp3) is 0.261. The van der Waals surface area contributed by atoms with Gasteiger partial charge in [-0.2, -0.15) is 10.2 Å². The Hall–Kier alpha value is -3.80. The number of ether oxygens (including phenoxy) is 1. The van der Waals surface area contributed by atoms with Gasteiger partial charge >= 0.3 is 6.36 Å². The molecule has 164 valence electrons. The average molecular weight is 439 g/mol. The van der Waals surface area contributed by atoms with E-state index in [1.54, 1.807) is 36.4 Å². The molecule has 0 spiro atoms. The minimum absolute atomic E-state index is 0.250. The van der Waals surface area contributed by atoms with Crippen molar-refractivity contribution in [3.05, 3.63) is 60.2 Å². The number of nitrogens with one attached hydrogen (secondary N) is 2. The van der Waals surface area contributed by atoms with Crippen molar-refractivity contribution in [3.8, 4) is 23.1 Å². The number of alkyl halides is 3. The van der Waals surface area contributed by atoms with E-state index >= 15 is 0 Å². The molecule has 1 aliphatic rings. The van der Waals surface area contributed by atoms with E-state index in [0.717, 1.165) is 25.7 Å². The first-order valence-corrected chi connectivity index (χ1v) is 10.2. The lowest BCUT2D eigenvalue weighted by atomic mass is 10.1. The van der Waals surface area contributed by atoms with Crippen LogP contribution in [0.4, 0.5) is 30.6 Å². The SMILES string of the molecule is N#Cc1cccc(Nc2cc(-c3cccc(OC(F)(F)F)c3)nc(NC3CCCC3)n2)c1. The maximum Gasteiger partial charge on any atom is 0.573 e. The van der Waals surface area contributed by atoms with E-state index in [4.69, 9.17) is 5.26 Å². The van der Waals surface area contributed by atoms with Crippen LogP contribution in [-0.4, -0.2) is 22.4 Å². The highest BCUT2D eigenvalue weighted by Crippen LogP contribution is 2.30. The monoisotopic (exact) mass is 439 g/mol. The van der Waals surface area contributed by atoms with Crippen LogP contribution in [0.15, 0.2) is 54.6 Å². The molecule has 0 radical (unpaired) electrons. The Bertz CT molecular complexity index is 1140. The lowest BCUT2D eigenvalue weighted by Crippen LogP contribution is -2.17. The van der Waals surface area contributed by atoms with Crippen LogP contribution in [0.5, 0.6) is 5.75 Å². The van der Waals surface area contributed by atoms with Gasteiger partial charge in [0.1, 0.15) is 11.6 Å². The summed E-state index contributed by atoms with van der Waals surface area (Å²) in [5, 5.41) is 15.6. The summed E-state index contributed by atoms with van der Waals surface area (Å²) in [6.07, 6.45) is -0.511. The Morgan fingerprint density at radius 2 is 1.78 bits per heavy atom. The largest absolute Gasteiger partial charge is 0.573 e. The minimum Gasteiger partial charge on any atom is -0.406 e. The van der Waals surface area contributed by atoms with Gasteiger partial charge in [-0.3, -0.25) is 0 Å². The molecule has 1 fully saturated rings.